The number of benzene rings is 1. The first kappa shape index (κ1) is 19.0. The highest BCUT2D eigenvalue weighted by atomic mass is 16.2. The van der Waals surface area contributed by atoms with E-state index in [2.05, 4.69) is 53.0 Å². The summed E-state index contributed by atoms with van der Waals surface area (Å²) in [4.78, 5) is 15.9. The normalized spacial score (nSPS) is 12.0. The minimum Gasteiger partial charge on any atom is -0.356 e. The molecule has 0 fully saturated rings. The third kappa shape index (κ3) is 7.68. The first-order chi connectivity index (χ1) is 10.7. The maximum atomic E-state index is 11.8. The Hall–Kier alpha value is -2.04. The summed E-state index contributed by atoms with van der Waals surface area (Å²) in [5.74, 6) is 0.591. The molecule has 0 aliphatic rings. The van der Waals surface area contributed by atoms with Gasteiger partial charge in [0.15, 0.2) is 5.96 Å². The van der Waals surface area contributed by atoms with E-state index >= 15 is 0 Å². The third-order valence-corrected chi connectivity index (χ3v) is 3.34. The fraction of sp³-hybridized carbons (Fsp3) is 0.556. The van der Waals surface area contributed by atoms with Gasteiger partial charge in [0.05, 0.1) is 6.54 Å². The lowest BCUT2D eigenvalue weighted by Crippen LogP contribution is -2.48. The zero-order chi connectivity index (χ0) is 17.5. The molecule has 0 atom stereocenters. The maximum Gasteiger partial charge on any atom is 0.239 e. The van der Waals surface area contributed by atoms with Crippen LogP contribution in [0.15, 0.2) is 23.2 Å². The molecule has 0 heterocycles. The average Bonchev–Trinajstić information content (AvgIpc) is 2.42. The molecule has 0 saturated heterocycles. The lowest BCUT2D eigenvalue weighted by atomic mass is 10.0. The Morgan fingerprint density at radius 1 is 1.17 bits per heavy atom. The van der Waals surface area contributed by atoms with Gasteiger partial charge in [-0.25, -0.2) is 0 Å². The van der Waals surface area contributed by atoms with Gasteiger partial charge in [-0.15, -0.1) is 0 Å². The van der Waals surface area contributed by atoms with E-state index in [1.165, 1.54) is 16.7 Å². The maximum absolute atomic E-state index is 11.8. The summed E-state index contributed by atoms with van der Waals surface area (Å²) in [5.41, 5.74) is 3.68. The first-order valence-corrected chi connectivity index (χ1v) is 8.03. The van der Waals surface area contributed by atoms with Crippen LogP contribution in [0.1, 0.15) is 37.5 Å². The molecule has 3 N–H and O–H groups in total. The Morgan fingerprint density at radius 2 is 1.87 bits per heavy atom. The second kappa shape index (κ2) is 8.56. The van der Waals surface area contributed by atoms with Crippen LogP contribution in [0.5, 0.6) is 0 Å². The van der Waals surface area contributed by atoms with E-state index in [1.54, 1.807) is 7.05 Å². The van der Waals surface area contributed by atoms with E-state index in [-0.39, 0.29) is 18.0 Å². The first-order valence-electron chi connectivity index (χ1n) is 8.03. The number of hydrogen-bond donors (Lipinski definition) is 3. The standard InChI is InChI=1S/C18H30N4O/c1-13-7-8-15(14(2)11-13)9-10-20-17(19-6)21-12-16(23)22-18(3,4)5/h7-8,11H,9-10,12H2,1-6H3,(H,22,23)(H2,19,20,21). The number of rotatable bonds is 5. The van der Waals surface area contributed by atoms with Gasteiger partial charge in [-0.1, -0.05) is 23.8 Å². The Balaban J connectivity index is 2.38. The molecule has 23 heavy (non-hydrogen) atoms. The molecule has 1 aromatic carbocycles. The highest BCUT2D eigenvalue weighted by Crippen LogP contribution is 2.10. The fourth-order valence-corrected chi connectivity index (χ4v) is 2.29. The molecule has 0 unspecified atom stereocenters. The van der Waals surface area contributed by atoms with Gasteiger partial charge in [0, 0.05) is 19.1 Å². The predicted octanol–water partition coefficient (Wildman–Crippen LogP) is 1.93. The van der Waals surface area contributed by atoms with Gasteiger partial charge >= 0.3 is 0 Å². The van der Waals surface area contributed by atoms with Crippen LogP contribution in [0.4, 0.5) is 0 Å². The summed E-state index contributed by atoms with van der Waals surface area (Å²) in [6.45, 7) is 11.1. The molecule has 0 spiro atoms. The Kier molecular flexibility index (Phi) is 7.07. The highest BCUT2D eigenvalue weighted by Gasteiger charge is 2.13. The summed E-state index contributed by atoms with van der Waals surface area (Å²) in [6.07, 6.45) is 0.918. The van der Waals surface area contributed by atoms with Crippen LogP contribution in [0.2, 0.25) is 0 Å². The van der Waals surface area contributed by atoms with Crippen molar-refractivity contribution in [3.63, 3.8) is 0 Å². The Morgan fingerprint density at radius 3 is 2.43 bits per heavy atom. The van der Waals surface area contributed by atoms with Crippen molar-refractivity contribution >= 4 is 11.9 Å². The number of amides is 1. The molecule has 5 heteroatoms. The van der Waals surface area contributed by atoms with Crippen LogP contribution in [0, 0.1) is 13.8 Å². The minimum atomic E-state index is -0.224. The number of carbonyl (C=O) groups excluding carboxylic acids is 1. The van der Waals surface area contributed by atoms with Crippen molar-refractivity contribution in [1.29, 1.82) is 0 Å². The molecule has 1 aromatic rings. The minimum absolute atomic E-state index is 0.0465. The molecule has 0 radical (unpaired) electrons. The second-order valence-electron chi connectivity index (χ2n) is 6.83. The predicted molar refractivity (Wildman–Crippen MR) is 96.9 cm³/mol. The van der Waals surface area contributed by atoms with Crippen LogP contribution >= 0.6 is 0 Å². The molecule has 0 bridgehead atoms. The van der Waals surface area contributed by atoms with Crippen LogP contribution in [0.3, 0.4) is 0 Å². The fourth-order valence-electron chi connectivity index (χ4n) is 2.29. The number of guanidine groups is 1. The third-order valence-electron chi connectivity index (χ3n) is 3.34. The number of aryl methyl sites for hydroxylation is 2. The van der Waals surface area contributed by atoms with E-state index in [1.807, 2.05) is 20.8 Å². The van der Waals surface area contributed by atoms with Crippen molar-refractivity contribution in [2.24, 2.45) is 4.99 Å². The highest BCUT2D eigenvalue weighted by molar-refractivity contribution is 5.86. The lowest BCUT2D eigenvalue weighted by Gasteiger charge is -2.21. The van der Waals surface area contributed by atoms with Crippen LogP contribution < -0.4 is 16.0 Å². The van der Waals surface area contributed by atoms with E-state index in [9.17, 15) is 4.79 Å². The molecule has 0 saturated carbocycles. The van der Waals surface area contributed by atoms with Gasteiger partial charge in [-0.05, 0) is 52.2 Å². The van der Waals surface area contributed by atoms with Crippen LogP contribution in [-0.2, 0) is 11.2 Å². The largest absolute Gasteiger partial charge is 0.356 e. The van der Waals surface area contributed by atoms with Gasteiger partial charge in [0.1, 0.15) is 0 Å². The van der Waals surface area contributed by atoms with Crippen molar-refractivity contribution in [2.45, 2.75) is 46.6 Å². The Labute approximate surface area is 140 Å². The summed E-state index contributed by atoms with van der Waals surface area (Å²) < 4.78 is 0. The molecule has 0 aliphatic carbocycles. The number of nitrogens with zero attached hydrogens (tertiary/aromatic N) is 1. The molecular weight excluding hydrogens is 288 g/mol. The SMILES string of the molecule is CN=C(NCCc1ccc(C)cc1C)NCC(=O)NC(C)(C)C. The number of hydrogen-bond acceptors (Lipinski definition) is 2. The smallest absolute Gasteiger partial charge is 0.239 e. The molecule has 1 amide bonds. The van der Waals surface area contributed by atoms with E-state index in [0.717, 1.165) is 13.0 Å². The van der Waals surface area contributed by atoms with Crippen molar-refractivity contribution in [3.05, 3.63) is 34.9 Å². The van der Waals surface area contributed by atoms with E-state index in [0.29, 0.717) is 5.96 Å². The molecule has 1 rings (SSSR count). The average molecular weight is 318 g/mol. The monoisotopic (exact) mass is 318 g/mol. The zero-order valence-corrected chi connectivity index (χ0v) is 15.2. The van der Waals surface area contributed by atoms with Crippen molar-refractivity contribution in [2.75, 3.05) is 20.1 Å². The Bertz CT molecular complexity index is 559. The van der Waals surface area contributed by atoms with Gasteiger partial charge in [0.2, 0.25) is 5.91 Å². The molecule has 0 aliphatic heterocycles. The van der Waals surface area contributed by atoms with E-state index < -0.39 is 0 Å². The topological polar surface area (TPSA) is 65.5 Å². The van der Waals surface area contributed by atoms with Gasteiger partial charge in [-0.2, -0.15) is 0 Å². The quantitative estimate of drug-likeness (QED) is 0.574. The summed E-state index contributed by atoms with van der Waals surface area (Å²) in [6, 6.07) is 6.49. The second-order valence-corrected chi connectivity index (χ2v) is 6.83. The number of carbonyl (C=O) groups is 1. The van der Waals surface area contributed by atoms with Crippen LogP contribution in [0.25, 0.3) is 0 Å². The lowest BCUT2D eigenvalue weighted by molar-refractivity contribution is -0.121. The molecular formula is C18H30N4O. The van der Waals surface area contributed by atoms with Crippen molar-refractivity contribution < 1.29 is 4.79 Å². The summed E-state index contributed by atoms with van der Waals surface area (Å²) >= 11 is 0. The summed E-state index contributed by atoms with van der Waals surface area (Å²) in [5, 5.41) is 9.17. The summed E-state index contributed by atoms with van der Waals surface area (Å²) in [7, 11) is 1.70. The van der Waals surface area contributed by atoms with Gasteiger partial charge in [0.25, 0.3) is 0 Å². The number of aliphatic imine (C=N–C) groups is 1. The van der Waals surface area contributed by atoms with Crippen molar-refractivity contribution in [1.82, 2.24) is 16.0 Å². The van der Waals surface area contributed by atoms with E-state index in [4.69, 9.17) is 0 Å². The van der Waals surface area contributed by atoms with Crippen molar-refractivity contribution in [3.8, 4) is 0 Å². The molecule has 5 nitrogen and oxygen atoms in total. The number of nitrogens with one attached hydrogen (secondary N) is 3. The van der Waals surface area contributed by atoms with Gasteiger partial charge < -0.3 is 16.0 Å². The van der Waals surface area contributed by atoms with Gasteiger partial charge in [-0.3, -0.25) is 9.79 Å². The zero-order valence-electron chi connectivity index (χ0n) is 15.2. The molecule has 0 aromatic heterocycles. The molecule has 128 valence electrons. The van der Waals surface area contributed by atoms with Crippen LogP contribution in [-0.4, -0.2) is 37.5 Å².